The van der Waals surface area contributed by atoms with Crippen LogP contribution in [0.5, 0.6) is 5.75 Å². The molecular formula is C12H11F2O7S-. The third kappa shape index (κ3) is 4.36. The number of rotatable bonds is 7. The zero-order valence-corrected chi connectivity index (χ0v) is 11.8. The summed E-state index contributed by atoms with van der Waals surface area (Å²) in [5, 5.41) is -4.67. The molecule has 22 heavy (non-hydrogen) atoms. The van der Waals surface area contributed by atoms with Crippen LogP contribution >= 0.6 is 0 Å². The number of halogens is 2. The van der Waals surface area contributed by atoms with Crippen molar-refractivity contribution in [2.75, 3.05) is 19.8 Å². The van der Waals surface area contributed by atoms with E-state index in [1.807, 2.05) is 0 Å². The van der Waals surface area contributed by atoms with E-state index in [2.05, 4.69) is 4.74 Å². The van der Waals surface area contributed by atoms with Crippen LogP contribution in [0, 0.1) is 0 Å². The fraction of sp³-hybridized carbons (Fsp3) is 0.417. The molecule has 10 heteroatoms. The predicted octanol–water partition coefficient (Wildman–Crippen LogP) is 0.759. The molecule has 0 bridgehead atoms. The summed E-state index contributed by atoms with van der Waals surface area (Å²) in [6.07, 6.45) is 0.0564. The summed E-state index contributed by atoms with van der Waals surface area (Å²) in [6.45, 7) is -0.854. The lowest BCUT2D eigenvalue weighted by Gasteiger charge is -2.19. The Morgan fingerprint density at radius 1 is 1.36 bits per heavy atom. The van der Waals surface area contributed by atoms with Crippen molar-refractivity contribution in [3.05, 3.63) is 29.8 Å². The molecule has 1 saturated heterocycles. The molecule has 1 aromatic carbocycles. The molecule has 1 atom stereocenters. The summed E-state index contributed by atoms with van der Waals surface area (Å²) >= 11 is 0. The molecule has 0 aromatic heterocycles. The van der Waals surface area contributed by atoms with Crippen LogP contribution in [0.1, 0.15) is 10.4 Å². The maximum Gasteiger partial charge on any atom is 0.367 e. The third-order valence-electron chi connectivity index (χ3n) is 2.67. The van der Waals surface area contributed by atoms with Gasteiger partial charge in [0, 0.05) is 0 Å². The monoisotopic (exact) mass is 337 g/mol. The molecule has 1 heterocycles. The number of carbonyl (C=O) groups is 1. The van der Waals surface area contributed by atoms with Crippen LogP contribution in [0.15, 0.2) is 24.3 Å². The van der Waals surface area contributed by atoms with Gasteiger partial charge in [-0.2, -0.15) is 8.78 Å². The maximum atomic E-state index is 12.8. The smallest absolute Gasteiger partial charge is 0.367 e. The van der Waals surface area contributed by atoms with Crippen molar-refractivity contribution in [1.82, 2.24) is 0 Å². The zero-order chi connectivity index (χ0) is 16.4. The van der Waals surface area contributed by atoms with E-state index in [4.69, 9.17) is 9.47 Å². The minimum Gasteiger partial charge on any atom is -0.743 e. The van der Waals surface area contributed by atoms with Gasteiger partial charge in [0.2, 0.25) is 0 Å². The molecule has 1 aromatic rings. The molecule has 0 spiro atoms. The highest BCUT2D eigenvalue weighted by Gasteiger charge is 2.39. The molecule has 0 amide bonds. The Morgan fingerprint density at radius 2 is 1.95 bits per heavy atom. The molecular weight excluding hydrogens is 326 g/mol. The summed E-state index contributed by atoms with van der Waals surface area (Å²) < 4.78 is 70.8. The van der Waals surface area contributed by atoms with Gasteiger partial charge in [0.05, 0.1) is 12.2 Å². The molecule has 0 N–H and O–H groups in total. The molecule has 0 saturated carbocycles. The lowest BCUT2D eigenvalue weighted by molar-refractivity contribution is -0.00997. The quantitative estimate of drug-likeness (QED) is 0.411. The number of hydrogen-bond acceptors (Lipinski definition) is 7. The second kappa shape index (κ2) is 6.15. The van der Waals surface area contributed by atoms with Crippen molar-refractivity contribution in [2.45, 2.75) is 11.4 Å². The standard InChI is InChI=1S/C12H12F2O7S/c13-12(14,22(16,17)18)7-21-11(15)8-1-3-9(4-2-8)19-5-10-6-20-10/h1-4,10H,5-7H2,(H,16,17,18)/p-1. The van der Waals surface area contributed by atoms with Crippen LogP contribution in [0.25, 0.3) is 0 Å². The van der Waals surface area contributed by atoms with Gasteiger partial charge < -0.3 is 18.8 Å². The summed E-state index contributed by atoms with van der Waals surface area (Å²) in [4.78, 5) is 11.5. The lowest BCUT2D eigenvalue weighted by atomic mass is 10.2. The Morgan fingerprint density at radius 3 is 2.45 bits per heavy atom. The molecule has 1 unspecified atom stereocenters. The van der Waals surface area contributed by atoms with Gasteiger partial charge in [0.25, 0.3) is 0 Å². The summed E-state index contributed by atoms with van der Waals surface area (Å²) in [5.41, 5.74) is -0.0888. The third-order valence-corrected chi connectivity index (χ3v) is 3.51. The second-order valence-electron chi connectivity index (χ2n) is 4.46. The fourth-order valence-corrected chi connectivity index (χ4v) is 1.55. The first-order valence-electron chi connectivity index (χ1n) is 6.04. The molecule has 2 rings (SSSR count). The van der Waals surface area contributed by atoms with Gasteiger partial charge in [-0.25, -0.2) is 13.2 Å². The van der Waals surface area contributed by atoms with Crippen LogP contribution in [0.4, 0.5) is 8.78 Å². The van der Waals surface area contributed by atoms with E-state index in [0.717, 1.165) is 0 Å². The maximum absolute atomic E-state index is 12.8. The SMILES string of the molecule is O=C(OCC(F)(F)S(=O)(=O)[O-])c1ccc(OCC2CO2)cc1. The van der Waals surface area contributed by atoms with Crippen molar-refractivity contribution >= 4 is 16.1 Å². The van der Waals surface area contributed by atoms with Crippen molar-refractivity contribution in [1.29, 1.82) is 0 Å². The van der Waals surface area contributed by atoms with Crippen molar-refractivity contribution in [3.63, 3.8) is 0 Å². The lowest BCUT2D eigenvalue weighted by Crippen LogP contribution is -2.34. The van der Waals surface area contributed by atoms with Gasteiger partial charge in [-0.1, -0.05) is 0 Å². The Kier molecular flexibility index (Phi) is 4.63. The van der Waals surface area contributed by atoms with Crippen LogP contribution in [-0.2, 0) is 19.6 Å². The Labute approximate surface area is 124 Å². The van der Waals surface area contributed by atoms with Gasteiger partial charge in [0.15, 0.2) is 16.7 Å². The van der Waals surface area contributed by atoms with Gasteiger partial charge in [-0.3, -0.25) is 0 Å². The Bertz CT molecular complexity index is 638. The van der Waals surface area contributed by atoms with E-state index < -0.39 is 27.9 Å². The highest BCUT2D eigenvalue weighted by Crippen LogP contribution is 2.21. The number of esters is 1. The number of alkyl halides is 2. The first-order chi connectivity index (χ1) is 10.2. The molecule has 0 radical (unpaired) electrons. The van der Waals surface area contributed by atoms with E-state index in [-0.39, 0.29) is 11.7 Å². The first-order valence-corrected chi connectivity index (χ1v) is 7.45. The summed E-state index contributed by atoms with van der Waals surface area (Å²) in [6, 6.07) is 5.35. The zero-order valence-electron chi connectivity index (χ0n) is 11.0. The predicted molar refractivity (Wildman–Crippen MR) is 66.6 cm³/mol. The summed E-state index contributed by atoms with van der Waals surface area (Å²) in [5.74, 6) is -0.736. The average Bonchev–Trinajstić information content (AvgIpc) is 3.26. The molecule has 7 nitrogen and oxygen atoms in total. The highest BCUT2D eigenvalue weighted by atomic mass is 32.2. The van der Waals surface area contributed by atoms with Gasteiger partial charge >= 0.3 is 11.2 Å². The van der Waals surface area contributed by atoms with Gasteiger partial charge in [-0.15, -0.1) is 0 Å². The minimum absolute atomic E-state index is 0.0564. The molecule has 1 fully saturated rings. The highest BCUT2D eigenvalue weighted by molar-refractivity contribution is 7.86. The normalized spacial score (nSPS) is 17.9. The topological polar surface area (TPSA) is 105 Å². The summed E-state index contributed by atoms with van der Waals surface area (Å²) in [7, 11) is -5.89. The van der Waals surface area contributed by atoms with Gasteiger partial charge in [0.1, 0.15) is 18.5 Å². The minimum atomic E-state index is -5.89. The molecule has 122 valence electrons. The molecule has 1 aliphatic heterocycles. The average molecular weight is 337 g/mol. The first kappa shape index (κ1) is 16.6. The largest absolute Gasteiger partial charge is 0.743 e. The van der Waals surface area contributed by atoms with E-state index in [9.17, 15) is 26.5 Å². The van der Waals surface area contributed by atoms with E-state index in [1.165, 1.54) is 24.3 Å². The van der Waals surface area contributed by atoms with Crippen LogP contribution in [-0.4, -0.2) is 50.1 Å². The van der Waals surface area contributed by atoms with E-state index >= 15 is 0 Å². The van der Waals surface area contributed by atoms with Crippen molar-refractivity contribution < 1.29 is 40.8 Å². The van der Waals surface area contributed by atoms with Gasteiger partial charge in [-0.05, 0) is 24.3 Å². The Balaban J connectivity index is 1.89. The van der Waals surface area contributed by atoms with Crippen molar-refractivity contribution in [2.24, 2.45) is 0 Å². The molecule has 1 aliphatic rings. The number of ether oxygens (including phenoxy) is 3. The van der Waals surface area contributed by atoms with Crippen LogP contribution < -0.4 is 4.74 Å². The Hall–Kier alpha value is -1.78. The van der Waals surface area contributed by atoms with E-state index in [0.29, 0.717) is 19.0 Å². The number of hydrogen-bond donors (Lipinski definition) is 0. The van der Waals surface area contributed by atoms with Crippen LogP contribution in [0.2, 0.25) is 0 Å². The number of epoxide rings is 1. The fourth-order valence-electron chi connectivity index (χ4n) is 1.35. The van der Waals surface area contributed by atoms with Crippen LogP contribution in [0.3, 0.4) is 0 Å². The second-order valence-corrected chi connectivity index (χ2v) is 5.96. The molecule has 0 aliphatic carbocycles. The van der Waals surface area contributed by atoms with E-state index in [1.54, 1.807) is 0 Å². The van der Waals surface area contributed by atoms with Crippen molar-refractivity contribution in [3.8, 4) is 5.75 Å². The number of benzene rings is 1. The number of carbonyl (C=O) groups excluding carboxylic acids is 1.